The summed E-state index contributed by atoms with van der Waals surface area (Å²) in [5.74, 6) is 0. The molecule has 1 aromatic rings. The van der Waals surface area contributed by atoms with Crippen LogP contribution in [-0.4, -0.2) is 0 Å². The summed E-state index contributed by atoms with van der Waals surface area (Å²) in [6.07, 6.45) is 5.46. The Kier molecular flexibility index (Phi) is 2.28. The fourth-order valence-electron chi connectivity index (χ4n) is 2.14. The first kappa shape index (κ1) is 9.26. The SMILES string of the molecule is C/C=C\C1=C(C)Cc2cc(C)ccc21. The van der Waals surface area contributed by atoms with Crippen LogP contribution in [0.5, 0.6) is 0 Å². The zero-order valence-electron chi connectivity index (χ0n) is 9.09. The molecule has 0 bridgehead atoms. The Bertz CT molecular complexity index is 420. The lowest BCUT2D eigenvalue weighted by atomic mass is 10.0. The minimum Gasteiger partial charge on any atom is -0.0870 e. The Hall–Kier alpha value is -1.30. The summed E-state index contributed by atoms with van der Waals surface area (Å²) in [5.41, 5.74) is 7.17. The van der Waals surface area contributed by atoms with E-state index in [1.54, 1.807) is 0 Å². The van der Waals surface area contributed by atoms with Crippen molar-refractivity contribution in [1.29, 1.82) is 0 Å². The summed E-state index contributed by atoms with van der Waals surface area (Å²) in [6, 6.07) is 6.74. The third kappa shape index (κ3) is 1.41. The maximum absolute atomic E-state index is 2.30. The van der Waals surface area contributed by atoms with Crippen LogP contribution in [0.3, 0.4) is 0 Å². The lowest BCUT2D eigenvalue weighted by Gasteiger charge is -2.02. The molecule has 0 aromatic heterocycles. The maximum Gasteiger partial charge on any atom is -0.00544 e. The molecule has 1 aliphatic carbocycles. The third-order valence-corrected chi connectivity index (χ3v) is 2.80. The van der Waals surface area contributed by atoms with Gasteiger partial charge in [0.2, 0.25) is 0 Å². The van der Waals surface area contributed by atoms with E-state index in [4.69, 9.17) is 0 Å². The molecule has 1 aliphatic rings. The number of hydrogen-bond acceptors (Lipinski definition) is 0. The highest BCUT2D eigenvalue weighted by Crippen LogP contribution is 2.33. The van der Waals surface area contributed by atoms with E-state index in [9.17, 15) is 0 Å². The summed E-state index contributed by atoms with van der Waals surface area (Å²) in [7, 11) is 0. The molecule has 2 rings (SSSR count). The van der Waals surface area contributed by atoms with Gasteiger partial charge >= 0.3 is 0 Å². The van der Waals surface area contributed by atoms with Crippen molar-refractivity contribution in [1.82, 2.24) is 0 Å². The number of rotatable bonds is 1. The zero-order chi connectivity index (χ0) is 10.1. The maximum atomic E-state index is 2.30. The first-order valence-corrected chi connectivity index (χ1v) is 5.14. The van der Waals surface area contributed by atoms with Gasteiger partial charge in [-0.05, 0) is 43.9 Å². The lowest BCUT2D eigenvalue weighted by Crippen LogP contribution is -1.84. The van der Waals surface area contributed by atoms with Gasteiger partial charge in [0.05, 0.1) is 0 Å². The average molecular weight is 184 g/mol. The highest BCUT2D eigenvalue weighted by molar-refractivity contribution is 5.82. The van der Waals surface area contributed by atoms with E-state index in [0.29, 0.717) is 0 Å². The average Bonchev–Trinajstić information content (AvgIpc) is 2.43. The molecule has 0 amide bonds. The van der Waals surface area contributed by atoms with Gasteiger partial charge in [0.25, 0.3) is 0 Å². The normalized spacial score (nSPS) is 15.4. The van der Waals surface area contributed by atoms with Gasteiger partial charge in [0.1, 0.15) is 0 Å². The van der Waals surface area contributed by atoms with Crippen molar-refractivity contribution >= 4 is 5.57 Å². The van der Waals surface area contributed by atoms with Crippen LogP contribution in [0.4, 0.5) is 0 Å². The van der Waals surface area contributed by atoms with E-state index in [1.807, 2.05) is 0 Å². The summed E-state index contributed by atoms with van der Waals surface area (Å²) < 4.78 is 0. The molecule has 1 aromatic carbocycles. The molecule has 14 heavy (non-hydrogen) atoms. The van der Waals surface area contributed by atoms with Crippen molar-refractivity contribution in [3.05, 3.63) is 52.6 Å². The van der Waals surface area contributed by atoms with E-state index in [1.165, 1.54) is 27.8 Å². The zero-order valence-corrected chi connectivity index (χ0v) is 9.09. The molecular formula is C14H16. The van der Waals surface area contributed by atoms with Crippen LogP contribution in [0.1, 0.15) is 30.5 Å². The standard InChI is InChI=1S/C14H16/c1-4-5-13-11(3)9-12-8-10(2)6-7-14(12)13/h4-8H,9H2,1-3H3/b5-4-. The van der Waals surface area contributed by atoms with Crippen molar-refractivity contribution in [2.75, 3.05) is 0 Å². The summed E-state index contributed by atoms with van der Waals surface area (Å²) in [4.78, 5) is 0. The largest absolute Gasteiger partial charge is 0.0870 e. The number of benzene rings is 1. The summed E-state index contributed by atoms with van der Waals surface area (Å²) in [6.45, 7) is 6.46. The van der Waals surface area contributed by atoms with Crippen LogP contribution >= 0.6 is 0 Å². The minimum atomic E-state index is 1.12. The second-order valence-corrected chi connectivity index (χ2v) is 4.03. The Morgan fingerprint density at radius 3 is 2.71 bits per heavy atom. The highest BCUT2D eigenvalue weighted by atomic mass is 14.2. The van der Waals surface area contributed by atoms with Crippen LogP contribution in [-0.2, 0) is 6.42 Å². The van der Waals surface area contributed by atoms with E-state index >= 15 is 0 Å². The van der Waals surface area contributed by atoms with Gasteiger partial charge < -0.3 is 0 Å². The molecule has 0 heterocycles. The molecule has 0 fully saturated rings. The van der Waals surface area contributed by atoms with Gasteiger partial charge in [-0.2, -0.15) is 0 Å². The van der Waals surface area contributed by atoms with Crippen molar-refractivity contribution in [2.45, 2.75) is 27.2 Å². The fourth-order valence-corrected chi connectivity index (χ4v) is 2.14. The van der Waals surface area contributed by atoms with Crippen LogP contribution < -0.4 is 0 Å². The van der Waals surface area contributed by atoms with Crippen molar-refractivity contribution in [2.24, 2.45) is 0 Å². The lowest BCUT2D eigenvalue weighted by molar-refractivity contribution is 1.18. The van der Waals surface area contributed by atoms with Gasteiger partial charge in [-0.3, -0.25) is 0 Å². The molecule has 0 heteroatoms. The predicted molar refractivity (Wildman–Crippen MR) is 62.3 cm³/mol. The quantitative estimate of drug-likeness (QED) is 0.621. The molecule has 0 spiro atoms. The fraction of sp³-hybridized carbons (Fsp3) is 0.286. The van der Waals surface area contributed by atoms with Crippen LogP contribution in [0, 0.1) is 6.92 Å². The highest BCUT2D eigenvalue weighted by Gasteiger charge is 2.15. The van der Waals surface area contributed by atoms with E-state index in [0.717, 1.165) is 6.42 Å². The summed E-state index contributed by atoms with van der Waals surface area (Å²) in [5, 5.41) is 0. The van der Waals surface area contributed by atoms with Gasteiger partial charge in [-0.25, -0.2) is 0 Å². The molecule has 0 saturated heterocycles. The molecule has 0 saturated carbocycles. The van der Waals surface area contributed by atoms with E-state index < -0.39 is 0 Å². The molecule has 0 N–H and O–H groups in total. The van der Waals surface area contributed by atoms with Crippen LogP contribution in [0.15, 0.2) is 35.9 Å². The molecule has 72 valence electrons. The number of fused-ring (bicyclic) bond motifs is 1. The topological polar surface area (TPSA) is 0 Å². The van der Waals surface area contributed by atoms with Crippen LogP contribution in [0.25, 0.3) is 5.57 Å². The first-order valence-electron chi connectivity index (χ1n) is 5.14. The molecule has 0 radical (unpaired) electrons. The van der Waals surface area contributed by atoms with Gasteiger partial charge in [0.15, 0.2) is 0 Å². The van der Waals surface area contributed by atoms with Crippen molar-refractivity contribution in [3.8, 4) is 0 Å². The Morgan fingerprint density at radius 2 is 2.00 bits per heavy atom. The Balaban J connectivity index is 2.52. The smallest absolute Gasteiger partial charge is 0.00544 e. The van der Waals surface area contributed by atoms with Crippen molar-refractivity contribution < 1.29 is 0 Å². The minimum absolute atomic E-state index is 1.12. The monoisotopic (exact) mass is 184 g/mol. The predicted octanol–water partition coefficient (Wildman–Crippen LogP) is 3.90. The van der Waals surface area contributed by atoms with Gasteiger partial charge in [-0.1, -0.05) is 41.5 Å². The third-order valence-electron chi connectivity index (χ3n) is 2.80. The van der Waals surface area contributed by atoms with E-state index in [2.05, 4.69) is 51.1 Å². The van der Waals surface area contributed by atoms with Gasteiger partial charge in [0, 0.05) is 0 Å². The first-order chi connectivity index (χ1) is 6.72. The summed E-state index contributed by atoms with van der Waals surface area (Å²) >= 11 is 0. The Morgan fingerprint density at radius 1 is 1.21 bits per heavy atom. The molecule has 0 aliphatic heterocycles. The molecular weight excluding hydrogens is 168 g/mol. The Labute approximate surface area is 86.0 Å². The number of hydrogen-bond donors (Lipinski definition) is 0. The number of allylic oxidation sites excluding steroid dienone is 4. The van der Waals surface area contributed by atoms with E-state index in [-0.39, 0.29) is 0 Å². The van der Waals surface area contributed by atoms with Gasteiger partial charge in [-0.15, -0.1) is 0 Å². The molecule has 0 unspecified atom stereocenters. The van der Waals surface area contributed by atoms with Crippen LogP contribution in [0.2, 0.25) is 0 Å². The second-order valence-electron chi connectivity index (χ2n) is 4.03. The second kappa shape index (κ2) is 3.45. The molecule has 0 atom stereocenters. The number of aryl methyl sites for hydroxylation is 1. The van der Waals surface area contributed by atoms with Crippen molar-refractivity contribution in [3.63, 3.8) is 0 Å². The molecule has 0 nitrogen and oxygen atoms in total.